The number of methoxy groups -OCH3 is 1. The Morgan fingerprint density at radius 2 is 1.85 bits per heavy atom. The summed E-state index contributed by atoms with van der Waals surface area (Å²) in [6.07, 6.45) is 0. The van der Waals surface area contributed by atoms with E-state index in [1.807, 2.05) is 0 Å². The van der Waals surface area contributed by atoms with Crippen molar-refractivity contribution >= 4 is 47.6 Å². The van der Waals surface area contributed by atoms with E-state index in [-0.39, 0.29) is 4.90 Å². The van der Waals surface area contributed by atoms with Gasteiger partial charge >= 0.3 is 0 Å². The summed E-state index contributed by atoms with van der Waals surface area (Å²) in [4.78, 5) is 0.182. The van der Waals surface area contributed by atoms with Gasteiger partial charge < -0.3 is 4.74 Å². The van der Waals surface area contributed by atoms with Crippen LogP contribution in [0.25, 0.3) is 0 Å². The summed E-state index contributed by atoms with van der Waals surface area (Å²) in [6.45, 7) is 0. The Morgan fingerprint density at radius 3 is 2.50 bits per heavy atom. The van der Waals surface area contributed by atoms with Crippen molar-refractivity contribution in [2.45, 2.75) is 4.90 Å². The molecule has 0 saturated heterocycles. The lowest BCUT2D eigenvalue weighted by atomic mass is 10.3. The molecule has 1 N–H and O–H groups in total. The van der Waals surface area contributed by atoms with Gasteiger partial charge in [-0.3, -0.25) is 4.72 Å². The van der Waals surface area contributed by atoms with Gasteiger partial charge in [0.2, 0.25) is 0 Å². The molecule has 0 amide bonds. The van der Waals surface area contributed by atoms with E-state index in [9.17, 15) is 8.42 Å². The summed E-state index contributed by atoms with van der Waals surface area (Å²) < 4.78 is 33.6. The highest BCUT2D eigenvalue weighted by molar-refractivity contribution is 9.10. The molecule has 0 bridgehead atoms. The number of halogens is 2. The van der Waals surface area contributed by atoms with Gasteiger partial charge in [-0.25, -0.2) is 8.42 Å². The first-order valence-electron chi connectivity index (χ1n) is 5.54. The van der Waals surface area contributed by atoms with Crippen molar-refractivity contribution in [1.29, 1.82) is 0 Å². The zero-order valence-electron chi connectivity index (χ0n) is 10.4. The van der Waals surface area contributed by atoms with E-state index < -0.39 is 10.0 Å². The first kappa shape index (κ1) is 15.3. The monoisotopic (exact) mass is 419 g/mol. The van der Waals surface area contributed by atoms with E-state index in [1.165, 1.54) is 19.2 Å². The van der Waals surface area contributed by atoms with Crippen LogP contribution in [0, 0.1) is 0 Å². The van der Waals surface area contributed by atoms with Crippen molar-refractivity contribution in [1.82, 2.24) is 0 Å². The molecule has 0 spiro atoms. The largest absolute Gasteiger partial charge is 0.497 e. The highest BCUT2D eigenvalue weighted by Crippen LogP contribution is 2.29. The summed E-state index contributed by atoms with van der Waals surface area (Å²) >= 11 is 6.56. The quantitative estimate of drug-likeness (QED) is 0.812. The highest BCUT2D eigenvalue weighted by atomic mass is 79.9. The minimum atomic E-state index is -3.65. The number of nitrogens with one attached hydrogen (secondary N) is 1. The SMILES string of the molecule is COc1ccc(Br)c(NS(=O)(=O)c2cccc(Br)c2)c1. The second-order valence-electron chi connectivity index (χ2n) is 3.91. The van der Waals surface area contributed by atoms with Gasteiger partial charge in [0, 0.05) is 15.0 Å². The molecule has 0 unspecified atom stereocenters. The first-order valence-corrected chi connectivity index (χ1v) is 8.61. The van der Waals surface area contributed by atoms with E-state index in [4.69, 9.17) is 4.74 Å². The second-order valence-corrected chi connectivity index (χ2v) is 7.36. The Kier molecular flexibility index (Phi) is 4.72. The zero-order chi connectivity index (χ0) is 14.8. The van der Waals surface area contributed by atoms with Crippen molar-refractivity contribution in [3.05, 3.63) is 51.4 Å². The van der Waals surface area contributed by atoms with Crippen LogP contribution >= 0.6 is 31.9 Å². The Hall–Kier alpha value is -1.05. The van der Waals surface area contributed by atoms with Crippen LogP contribution in [-0.4, -0.2) is 15.5 Å². The molecular formula is C13H11Br2NO3S. The van der Waals surface area contributed by atoms with E-state index in [2.05, 4.69) is 36.6 Å². The molecule has 106 valence electrons. The number of rotatable bonds is 4. The zero-order valence-corrected chi connectivity index (χ0v) is 14.4. The standard InChI is InChI=1S/C13H11Br2NO3S/c1-19-10-5-6-12(15)13(8-10)16-20(17,18)11-4-2-3-9(14)7-11/h2-8,16H,1H3. The maximum atomic E-state index is 12.3. The minimum absolute atomic E-state index is 0.182. The van der Waals surface area contributed by atoms with Crippen LogP contribution in [0.3, 0.4) is 0 Å². The number of sulfonamides is 1. The molecule has 0 aliphatic heterocycles. The van der Waals surface area contributed by atoms with E-state index in [0.717, 1.165) is 0 Å². The maximum absolute atomic E-state index is 12.3. The lowest BCUT2D eigenvalue weighted by Gasteiger charge is -2.11. The molecule has 0 aliphatic rings. The average molecular weight is 421 g/mol. The fourth-order valence-electron chi connectivity index (χ4n) is 1.55. The summed E-state index contributed by atoms with van der Waals surface area (Å²) in [5.74, 6) is 0.570. The lowest BCUT2D eigenvalue weighted by molar-refractivity contribution is 0.415. The van der Waals surface area contributed by atoms with Crippen LogP contribution in [-0.2, 0) is 10.0 Å². The van der Waals surface area contributed by atoms with Crippen LogP contribution < -0.4 is 9.46 Å². The molecule has 0 saturated carbocycles. The van der Waals surface area contributed by atoms with E-state index in [0.29, 0.717) is 20.4 Å². The molecule has 4 nitrogen and oxygen atoms in total. The summed E-state index contributed by atoms with van der Waals surface area (Å²) in [6, 6.07) is 11.6. The van der Waals surface area contributed by atoms with Crippen LogP contribution in [0.2, 0.25) is 0 Å². The molecule has 0 heterocycles. The summed E-state index contributed by atoms with van der Waals surface area (Å²) in [7, 11) is -2.13. The lowest BCUT2D eigenvalue weighted by Crippen LogP contribution is -2.13. The molecular weight excluding hydrogens is 410 g/mol. The third-order valence-electron chi connectivity index (χ3n) is 2.52. The van der Waals surface area contributed by atoms with Gasteiger partial charge in [0.25, 0.3) is 10.0 Å². The molecule has 0 atom stereocenters. The fourth-order valence-corrected chi connectivity index (χ4v) is 3.69. The Bertz CT molecular complexity index is 732. The van der Waals surface area contributed by atoms with Gasteiger partial charge in [0.15, 0.2) is 0 Å². The second kappa shape index (κ2) is 6.15. The molecule has 20 heavy (non-hydrogen) atoms. The number of ether oxygens (including phenoxy) is 1. The molecule has 0 aliphatic carbocycles. The van der Waals surface area contributed by atoms with Gasteiger partial charge in [-0.15, -0.1) is 0 Å². The van der Waals surface area contributed by atoms with Gasteiger partial charge in [-0.1, -0.05) is 22.0 Å². The number of hydrogen-bond acceptors (Lipinski definition) is 3. The maximum Gasteiger partial charge on any atom is 0.261 e. The average Bonchev–Trinajstić information content (AvgIpc) is 2.41. The highest BCUT2D eigenvalue weighted by Gasteiger charge is 2.16. The predicted molar refractivity (Wildman–Crippen MR) is 85.6 cm³/mol. The number of benzene rings is 2. The molecule has 7 heteroatoms. The molecule has 0 radical (unpaired) electrons. The molecule has 2 aromatic rings. The number of hydrogen-bond donors (Lipinski definition) is 1. The molecule has 2 aromatic carbocycles. The Morgan fingerprint density at radius 1 is 1.10 bits per heavy atom. The van der Waals surface area contributed by atoms with Gasteiger partial charge in [-0.2, -0.15) is 0 Å². The van der Waals surface area contributed by atoms with Gasteiger partial charge in [-0.05, 0) is 46.3 Å². The van der Waals surface area contributed by atoms with Crippen LogP contribution in [0.15, 0.2) is 56.3 Å². The third-order valence-corrected chi connectivity index (χ3v) is 5.07. The van der Waals surface area contributed by atoms with Crippen molar-refractivity contribution < 1.29 is 13.2 Å². The topological polar surface area (TPSA) is 55.4 Å². The fraction of sp³-hybridized carbons (Fsp3) is 0.0769. The minimum Gasteiger partial charge on any atom is -0.497 e. The van der Waals surface area contributed by atoms with E-state index in [1.54, 1.807) is 30.3 Å². The van der Waals surface area contributed by atoms with Crippen molar-refractivity contribution in [2.24, 2.45) is 0 Å². The van der Waals surface area contributed by atoms with Crippen LogP contribution in [0.5, 0.6) is 5.75 Å². The van der Waals surface area contributed by atoms with Crippen molar-refractivity contribution in [2.75, 3.05) is 11.8 Å². The normalized spacial score (nSPS) is 11.2. The third kappa shape index (κ3) is 3.53. The molecule has 0 fully saturated rings. The first-order chi connectivity index (χ1) is 9.42. The Balaban J connectivity index is 2.38. The Labute approximate surface area is 134 Å². The van der Waals surface area contributed by atoms with E-state index >= 15 is 0 Å². The number of anilines is 1. The summed E-state index contributed by atoms with van der Waals surface area (Å²) in [5.41, 5.74) is 0.421. The van der Waals surface area contributed by atoms with Gasteiger partial charge in [0.1, 0.15) is 5.75 Å². The predicted octanol–water partition coefficient (Wildman–Crippen LogP) is 4.02. The van der Waals surface area contributed by atoms with Crippen molar-refractivity contribution in [3.63, 3.8) is 0 Å². The molecule has 2 rings (SSSR count). The van der Waals surface area contributed by atoms with Gasteiger partial charge in [0.05, 0.1) is 17.7 Å². The van der Waals surface area contributed by atoms with Crippen LogP contribution in [0.4, 0.5) is 5.69 Å². The smallest absolute Gasteiger partial charge is 0.261 e. The summed E-state index contributed by atoms with van der Waals surface area (Å²) in [5, 5.41) is 0. The van der Waals surface area contributed by atoms with Crippen LogP contribution in [0.1, 0.15) is 0 Å². The molecule has 0 aromatic heterocycles. The van der Waals surface area contributed by atoms with Crippen molar-refractivity contribution in [3.8, 4) is 5.75 Å².